The Kier molecular flexibility index (Phi) is 8.53. The van der Waals surface area contributed by atoms with Gasteiger partial charge in [0.25, 0.3) is 5.91 Å². The molecule has 1 amide bonds. The average molecular weight is 383 g/mol. The molecule has 5 nitrogen and oxygen atoms in total. The van der Waals surface area contributed by atoms with Crippen molar-refractivity contribution in [3.05, 3.63) is 59.2 Å². The molecule has 0 saturated carbocycles. The molecule has 5 heteroatoms. The second kappa shape index (κ2) is 11.1. The minimum Gasteiger partial charge on any atom is -0.478 e. The van der Waals surface area contributed by atoms with Gasteiger partial charge in [-0.05, 0) is 49.7 Å². The van der Waals surface area contributed by atoms with E-state index >= 15 is 0 Å². The lowest BCUT2D eigenvalue weighted by Crippen LogP contribution is -2.15. The lowest BCUT2D eigenvalue weighted by molar-refractivity contribution is 0.0698. The molecule has 150 valence electrons. The van der Waals surface area contributed by atoms with E-state index in [9.17, 15) is 14.7 Å². The van der Waals surface area contributed by atoms with E-state index in [2.05, 4.69) is 17.6 Å². The van der Waals surface area contributed by atoms with E-state index in [0.29, 0.717) is 11.3 Å². The second-order valence-corrected chi connectivity index (χ2v) is 7.08. The number of aryl methyl sites for hydroxylation is 1. The van der Waals surface area contributed by atoms with Crippen LogP contribution in [0.3, 0.4) is 0 Å². The molecule has 28 heavy (non-hydrogen) atoms. The number of nitrogens with one attached hydrogen (secondary N) is 2. The van der Waals surface area contributed by atoms with Crippen LogP contribution in [0.15, 0.2) is 42.5 Å². The number of rotatable bonds is 11. The number of carboxylic acid groups (broad SMARTS) is 1. The van der Waals surface area contributed by atoms with Gasteiger partial charge >= 0.3 is 5.97 Å². The van der Waals surface area contributed by atoms with Crippen LogP contribution in [0, 0.1) is 6.92 Å². The number of carbonyl (C=O) groups is 2. The summed E-state index contributed by atoms with van der Waals surface area (Å²) in [6, 6.07) is 12.2. The monoisotopic (exact) mass is 382 g/mol. The second-order valence-electron chi connectivity index (χ2n) is 7.08. The van der Waals surface area contributed by atoms with Gasteiger partial charge in [0.05, 0.1) is 11.3 Å². The van der Waals surface area contributed by atoms with Crippen LogP contribution in [-0.4, -0.2) is 23.5 Å². The lowest BCUT2D eigenvalue weighted by Gasteiger charge is -2.10. The number of amides is 1. The number of carboxylic acids is 1. The Morgan fingerprint density at radius 2 is 1.61 bits per heavy atom. The van der Waals surface area contributed by atoms with Crippen LogP contribution in [-0.2, 0) is 0 Å². The molecule has 2 aromatic rings. The van der Waals surface area contributed by atoms with Gasteiger partial charge in [-0.2, -0.15) is 0 Å². The Morgan fingerprint density at radius 1 is 0.929 bits per heavy atom. The molecule has 2 rings (SSSR count). The summed E-state index contributed by atoms with van der Waals surface area (Å²) in [5.41, 5.74) is 2.68. The van der Waals surface area contributed by atoms with Crippen LogP contribution in [0.5, 0.6) is 0 Å². The molecular formula is C23H30N2O3. The molecule has 0 saturated heterocycles. The quantitative estimate of drug-likeness (QED) is 0.434. The van der Waals surface area contributed by atoms with Gasteiger partial charge in [-0.1, -0.05) is 50.7 Å². The van der Waals surface area contributed by atoms with Crippen LogP contribution < -0.4 is 10.6 Å². The van der Waals surface area contributed by atoms with Gasteiger partial charge in [0.15, 0.2) is 0 Å². The summed E-state index contributed by atoms with van der Waals surface area (Å²) in [7, 11) is 0. The molecule has 0 heterocycles. The van der Waals surface area contributed by atoms with Crippen LogP contribution in [0.2, 0.25) is 0 Å². The highest BCUT2D eigenvalue weighted by Crippen LogP contribution is 2.19. The number of carbonyl (C=O) groups excluding carboxylic acids is 1. The maximum Gasteiger partial charge on any atom is 0.337 e. The highest BCUT2D eigenvalue weighted by Gasteiger charge is 2.13. The van der Waals surface area contributed by atoms with Crippen molar-refractivity contribution in [3.8, 4) is 0 Å². The fraction of sp³-hybridized carbons (Fsp3) is 0.391. The van der Waals surface area contributed by atoms with E-state index in [0.717, 1.165) is 24.2 Å². The summed E-state index contributed by atoms with van der Waals surface area (Å²) >= 11 is 0. The maximum atomic E-state index is 12.4. The Hall–Kier alpha value is -2.82. The fourth-order valence-electron chi connectivity index (χ4n) is 3.02. The third-order valence-corrected chi connectivity index (χ3v) is 4.66. The molecule has 0 aliphatic heterocycles. The molecule has 0 atom stereocenters. The third kappa shape index (κ3) is 6.72. The molecule has 0 radical (unpaired) electrons. The summed E-state index contributed by atoms with van der Waals surface area (Å²) < 4.78 is 0. The SMILES string of the molecule is CCCCCCCCNc1ccc(C(=O)Nc2ccc(C)cc2C(=O)O)cc1. The smallest absolute Gasteiger partial charge is 0.337 e. The summed E-state index contributed by atoms with van der Waals surface area (Å²) in [6.07, 6.45) is 7.54. The summed E-state index contributed by atoms with van der Waals surface area (Å²) in [5.74, 6) is -1.39. The number of aromatic carboxylic acids is 1. The fourth-order valence-corrected chi connectivity index (χ4v) is 3.02. The van der Waals surface area contributed by atoms with Gasteiger partial charge in [-0.25, -0.2) is 4.79 Å². The zero-order valence-electron chi connectivity index (χ0n) is 16.8. The van der Waals surface area contributed by atoms with Crippen molar-refractivity contribution < 1.29 is 14.7 Å². The molecule has 0 aliphatic carbocycles. The zero-order chi connectivity index (χ0) is 20.4. The van der Waals surface area contributed by atoms with Crippen molar-refractivity contribution in [1.82, 2.24) is 0 Å². The van der Waals surface area contributed by atoms with E-state index in [-0.39, 0.29) is 11.5 Å². The first kappa shape index (κ1) is 21.5. The van der Waals surface area contributed by atoms with Crippen LogP contribution in [0.4, 0.5) is 11.4 Å². The van der Waals surface area contributed by atoms with Crippen molar-refractivity contribution in [2.45, 2.75) is 52.4 Å². The van der Waals surface area contributed by atoms with E-state index in [1.54, 1.807) is 30.3 Å². The summed E-state index contributed by atoms with van der Waals surface area (Å²) in [4.78, 5) is 23.8. The third-order valence-electron chi connectivity index (χ3n) is 4.66. The normalized spacial score (nSPS) is 10.5. The maximum absolute atomic E-state index is 12.4. The van der Waals surface area contributed by atoms with E-state index in [4.69, 9.17) is 0 Å². The standard InChI is InChI=1S/C23H30N2O3/c1-3-4-5-6-7-8-15-24-19-12-10-18(11-13-19)22(26)25-21-14-9-17(2)16-20(21)23(27)28/h9-14,16,24H,3-8,15H2,1-2H3,(H,25,26)(H,27,28). The molecule has 0 spiro atoms. The number of hydrogen-bond donors (Lipinski definition) is 3. The van der Waals surface area contributed by atoms with E-state index in [1.807, 2.05) is 19.1 Å². The topological polar surface area (TPSA) is 78.4 Å². The highest BCUT2D eigenvalue weighted by atomic mass is 16.4. The Labute approximate surface area is 167 Å². The van der Waals surface area contributed by atoms with Crippen LogP contribution >= 0.6 is 0 Å². The summed E-state index contributed by atoms with van der Waals surface area (Å²) in [6.45, 7) is 4.95. The minimum absolute atomic E-state index is 0.0885. The van der Waals surface area contributed by atoms with Crippen LogP contribution in [0.25, 0.3) is 0 Å². The molecule has 0 aromatic heterocycles. The number of benzene rings is 2. The first-order valence-electron chi connectivity index (χ1n) is 10.0. The molecule has 0 bridgehead atoms. The van der Waals surface area contributed by atoms with Crippen molar-refractivity contribution >= 4 is 23.3 Å². The van der Waals surface area contributed by atoms with Crippen molar-refractivity contribution in [2.24, 2.45) is 0 Å². The van der Waals surface area contributed by atoms with Gasteiger partial charge in [-0.3, -0.25) is 4.79 Å². The Bertz CT molecular complexity index is 785. The lowest BCUT2D eigenvalue weighted by atomic mass is 10.1. The van der Waals surface area contributed by atoms with Gasteiger partial charge in [0.1, 0.15) is 0 Å². The average Bonchev–Trinajstić information content (AvgIpc) is 2.69. The first-order chi connectivity index (χ1) is 13.5. The van der Waals surface area contributed by atoms with Gasteiger partial charge < -0.3 is 15.7 Å². The summed E-state index contributed by atoms with van der Waals surface area (Å²) in [5, 5.41) is 15.4. The molecule has 0 fully saturated rings. The predicted molar refractivity (Wildman–Crippen MR) is 114 cm³/mol. The Balaban J connectivity index is 1.86. The van der Waals surface area contributed by atoms with Crippen LogP contribution in [0.1, 0.15) is 71.7 Å². The molecule has 0 aliphatic rings. The van der Waals surface area contributed by atoms with E-state index in [1.165, 1.54) is 32.1 Å². The number of hydrogen-bond acceptors (Lipinski definition) is 3. The number of unbranched alkanes of at least 4 members (excludes halogenated alkanes) is 5. The van der Waals surface area contributed by atoms with Gasteiger partial charge in [0, 0.05) is 17.8 Å². The van der Waals surface area contributed by atoms with Crippen molar-refractivity contribution in [3.63, 3.8) is 0 Å². The number of anilines is 2. The van der Waals surface area contributed by atoms with E-state index < -0.39 is 5.97 Å². The molecule has 3 N–H and O–H groups in total. The van der Waals surface area contributed by atoms with Gasteiger partial charge in [-0.15, -0.1) is 0 Å². The largest absolute Gasteiger partial charge is 0.478 e. The van der Waals surface area contributed by atoms with Crippen molar-refractivity contribution in [2.75, 3.05) is 17.2 Å². The Morgan fingerprint density at radius 3 is 2.29 bits per heavy atom. The predicted octanol–water partition coefficient (Wildman–Crippen LogP) is 5.72. The first-order valence-corrected chi connectivity index (χ1v) is 10.0. The zero-order valence-corrected chi connectivity index (χ0v) is 16.8. The van der Waals surface area contributed by atoms with Crippen molar-refractivity contribution in [1.29, 1.82) is 0 Å². The minimum atomic E-state index is -1.06. The molecular weight excluding hydrogens is 352 g/mol. The molecule has 0 unspecified atom stereocenters. The highest BCUT2D eigenvalue weighted by molar-refractivity contribution is 6.07. The van der Waals surface area contributed by atoms with Gasteiger partial charge in [0.2, 0.25) is 0 Å². The molecule has 2 aromatic carbocycles.